The first-order chi connectivity index (χ1) is 12.2. The Kier molecular flexibility index (Phi) is 5.70. The quantitative estimate of drug-likeness (QED) is 0.650. The Morgan fingerprint density at radius 1 is 1.24 bits per heavy atom. The molecule has 25 heavy (non-hydrogen) atoms. The van der Waals surface area contributed by atoms with Crippen LogP contribution in [0, 0.1) is 13.8 Å². The van der Waals surface area contributed by atoms with Crippen molar-refractivity contribution >= 4 is 5.96 Å². The van der Waals surface area contributed by atoms with Crippen molar-refractivity contribution in [2.75, 3.05) is 32.7 Å². The lowest BCUT2D eigenvalue weighted by atomic mass is 10.2. The van der Waals surface area contributed by atoms with E-state index in [-0.39, 0.29) is 0 Å². The fourth-order valence-electron chi connectivity index (χ4n) is 2.97. The van der Waals surface area contributed by atoms with E-state index in [2.05, 4.69) is 32.4 Å². The van der Waals surface area contributed by atoms with Crippen molar-refractivity contribution in [2.45, 2.75) is 33.9 Å². The van der Waals surface area contributed by atoms with Crippen LogP contribution in [-0.4, -0.2) is 58.8 Å². The average Bonchev–Trinajstić information content (AvgIpc) is 3.23. The zero-order valence-corrected chi connectivity index (χ0v) is 15.2. The van der Waals surface area contributed by atoms with Gasteiger partial charge in [-0.3, -0.25) is 4.90 Å². The van der Waals surface area contributed by atoms with Crippen molar-refractivity contribution in [3.05, 3.63) is 35.0 Å². The second kappa shape index (κ2) is 8.15. The monoisotopic (exact) mass is 346 g/mol. The smallest absolute Gasteiger partial charge is 0.194 e. The van der Waals surface area contributed by atoms with Crippen LogP contribution in [0.3, 0.4) is 0 Å². The van der Waals surface area contributed by atoms with Gasteiger partial charge in [-0.2, -0.15) is 0 Å². The van der Waals surface area contributed by atoms with Crippen molar-refractivity contribution in [3.63, 3.8) is 0 Å². The number of hydrogen-bond donors (Lipinski definition) is 1. The molecule has 0 aliphatic carbocycles. The lowest BCUT2D eigenvalue weighted by Crippen LogP contribution is -2.52. The average molecular weight is 346 g/mol. The summed E-state index contributed by atoms with van der Waals surface area (Å²) in [5, 5.41) is 11.4. The van der Waals surface area contributed by atoms with Crippen LogP contribution in [0.2, 0.25) is 0 Å². The van der Waals surface area contributed by atoms with Crippen LogP contribution in [0.25, 0.3) is 0 Å². The zero-order chi connectivity index (χ0) is 17.6. The predicted octanol–water partition coefficient (Wildman–Crippen LogP) is 1.56. The summed E-state index contributed by atoms with van der Waals surface area (Å²) in [6.07, 6.45) is 1.62. The number of aliphatic imine (C=N–C) groups is 1. The van der Waals surface area contributed by atoms with Gasteiger partial charge in [0, 0.05) is 50.9 Å². The van der Waals surface area contributed by atoms with Crippen molar-refractivity contribution in [1.82, 2.24) is 25.4 Å². The molecule has 1 N–H and O–H groups in total. The number of piperazine rings is 1. The molecule has 0 saturated carbocycles. The van der Waals surface area contributed by atoms with E-state index in [0.29, 0.717) is 6.54 Å². The lowest BCUT2D eigenvalue weighted by molar-refractivity contribution is 0.169. The maximum absolute atomic E-state index is 5.22. The second-order valence-electron chi connectivity index (χ2n) is 6.23. The largest absolute Gasteiger partial charge is 0.364 e. The summed E-state index contributed by atoms with van der Waals surface area (Å²) in [4.78, 5) is 9.48. The number of hydrogen-bond acceptors (Lipinski definition) is 6. The topological polar surface area (TPSA) is 82.9 Å². The third kappa shape index (κ3) is 4.39. The third-order valence-corrected chi connectivity index (χ3v) is 4.45. The highest BCUT2D eigenvalue weighted by atomic mass is 16.5. The summed E-state index contributed by atoms with van der Waals surface area (Å²) in [5.41, 5.74) is 2.96. The van der Waals surface area contributed by atoms with Crippen LogP contribution in [0.15, 0.2) is 26.4 Å². The zero-order valence-electron chi connectivity index (χ0n) is 15.2. The Balaban J connectivity index is 1.59. The molecular weight excluding hydrogens is 320 g/mol. The molecule has 8 nitrogen and oxygen atoms in total. The number of nitrogens with zero attached hydrogens (tertiary/aromatic N) is 5. The molecule has 8 heteroatoms. The van der Waals surface area contributed by atoms with Crippen molar-refractivity contribution in [3.8, 4) is 0 Å². The van der Waals surface area contributed by atoms with Crippen LogP contribution >= 0.6 is 0 Å². The highest BCUT2D eigenvalue weighted by Gasteiger charge is 2.20. The molecule has 0 atom stereocenters. The van der Waals surface area contributed by atoms with Gasteiger partial charge in [0.25, 0.3) is 0 Å². The molecular formula is C17H26N6O2. The van der Waals surface area contributed by atoms with Crippen LogP contribution in [0.5, 0.6) is 0 Å². The standard InChI is InChI=1S/C17H26N6O2/c1-4-18-17(19-11-16-13(2)20-25-14(16)3)23-8-6-22(7-9-23)12-15-5-10-24-21-15/h5,10H,4,6-9,11-12H2,1-3H3,(H,18,19). The first-order valence-electron chi connectivity index (χ1n) is 8.74. The van der Waals surface area contributed by atoms with E-state index >= 15 is 0 Å². The van der Waals surface area contributed by atoms with Gasteiger partial charge in [-0.15, -0.1) is 0 Å². The summed E-state index contributed by atoms with van der Waals surface area (Å²) in [7, 11) is 0. The maximum Gasteiger partial charge on any atom is 0.194 e. The van der Waals surface area contributed by atoms with E-state index in [0.717, 1.165) is 67.9 Å². The maximum atomic E-state index is 5.22. The number of guanidine groups is 1. The van der Waals surface area contributed by atoms with Gasteiger partial charge in [0.05, 0.1) is 17.9 Å². The molecule has 0 radical (unpaired) electrons. The van der Waals surface area contributed by atoms with Crippen molar-refractivity contribution in [1.29, 1.82) is 0 Å². The number of aromatic nitrogens is 2. The molecule has 1 fully saturated rings. The molecule has 0 aromatic carbocycles. The van der Waals surface area contributed by atoms with Crippen LogP contribution < -0.4 is 5.32 Å². The molecule has 1 saturated heterocycles. The van der Waals surface area contributed by atoms with E-state index in [1.807, 2.05) is 19.9 Å². The van der Waals surface area contributed by atoms with Gasteiger partial charge in [0.2, 0.25) is 0 Å². The summed E-state index contributed by atoms with van der Waals surface area (Å²) in [6, 6.07) is 1.92. The van der Waals surface area contributed by atoms with Gasteiger partial charge in [0.15, 0.2) is 5.96 Å². The lowest BCUT2D eigenvalue weighted by Gasteiger charge is -2.36. The SMILES string of the molecule is CCNC(=NCc1c(C)noc1C)N1CCN(Cc2ccon2)CC1. The van der Waals surface area contributed by atoms with Gasteiger partial charge in [-0.1, -0.05) is 10.3 Å². The Morgan fingerprint density at radius 2 is 2.04 bits per heavy atom. The highest BCUT2D eigenvalue weighted by molar-refractivity contribution is 5.80. The minimum absolute atomic E-state index is 0.586. The third-order valence-electron chi connectivity index (χ3n) is 4.45. The molecule has 1 aliphatic rings. The fourth-order valence-corrected chi connectivity index (χ4v) is 2.97. The van der Waals surface area contributed by atoms with E-state index in [1.165, 1.54) is 0 Å². The van der Waals surface area contributed by atoms with Gasteiger partial charge in [0.1, 0.15) is 12.0 Å². The first kappa shape index (κ1) is 17.5. The van der Waals surface area contributed by atoms with E-state index in [9.17, 15) is 0 Å². The molecule has 3 heterocycles. The summed E-state index contributed by atoms with van der Waals surface area (Å²) in [6.45, 7) is 12.1. The molecule has 136 valence electrons. The molecule has 0 amide bonds. The first-order valence-corrected chi connectivity index (χ1v) is 8.74. The molecule has 3 rings (SSSR count). The number of aryl methyl sites for hydroxylation is 2. The summed E-state index contributed by atoms with van der Waals surface area (Å²) >= 11 is 0. The van der Waals surface area contributed by atoms with Crippen LogP contribution in [-0.2, 0) is 13.1 Å². The fraction of sp³-hybridized carbons (Fsp3) is 0.588. The molecule has 0 bridgehead atoms. The Hall–Kier alpha value is -2.35. The van der Waals surface area contributed by atoms with Gasteiger partial charge in [-0.25, -0.2) is 4.99 Å². The second-order valence-corrected chi connectivity index (χ2v) is 6.23. The molecule has 0 spiro atoms. The summed E-state index contributed by atoms with van der Waals surface area (Å²) in [5.74, 6) is 1.79. The van der Waals surface area contributed by atoms with E-state index in [1.54, 1.807) is 6.26 Å². The van der Waals surface area contributed by atoms with Gasteiger partial charge in [-0.05, 0) is 20.8 Å². The molecule has 1 aliphatic heterocycles. The predicted molar refractivity (Wildman–Crippen MR) is 94.1 cm³/mol. The van der Waals surface area contributed by atoms with Gasteiger partial charge >= 0.3 is 0 Å². The Bertz CT molecular complexity index is 667. The van der Waals surface area contributed by atoms with Gasteiger partial charge < -0.3 is 19.3 Å². The minimum atomic E-state index is 0.586. The highest BCUT2D eigenvalue weighted by Crippen LogP contribution is 2.14. The van der Waals surface area contributed by atoms with Crippen molar-refractivity contribution in [2.24, 2.45) is 4.99 Å². The minimum Gasteiger partial charge on any atom is -0.364 e. The van der Waals surface area contributed by atoms with E-state index < -0.39 is 0 Å². The van der Waals surface area contributed by atoms with Crippen LogP contribution in [0.1, 0.15) is 29.6 Å². The number of nitrogens with one attached hydrogen (secondary N) is 1. The van der Waals surface area contributed by atoms with Crippen molar-refractivity contribution < 1.29 is 9.05 Å². The molecule has 0 unspecified atom stereocenters. The Morgan fingerprint density at radius 3 is 2.64 bits per heavy atom. The number of rotatable bonds is 5. The normalized spacial score (nSPS) is 16.4. The molecule has 2 aromatic heterocycles. The summed E-state index contributed by atoms with van der Waals surface area (Å²) < 4.78 is 10.1. The Labute approximate surface area is 147 Å². The molecule has 2 aromatic rings. The van der Waals surface area contributed by atoms with E-state index in [4.69, 9.17) is 14.0 Å². The van der Waals surface area contributed by atoms with Crippen LogP contribution in [0.4, 0.5) is 0 Å².